The van der Waals surface area contributed by atoms with Crippen molar-refractivity contribution in [3.8, 4) is 0 Å². The second-order valence-corrected chi connectivity index (χ2v) is 5.21. The lowest BCUT2D eigenvalue weighted by Gasteiger charge is -2.13. The molecule has 0 bridgehead atoms. The summed E-state index contributed by atoms with van der Waals surface area (Å²) in [6.07, 6.45) is 0. The molecular weight excluding hydrogens is 228 g/mol. The van der Waals surface area contributed by atoms with Gasteiger partial charge in [0.1, 0.15) is 5.01 Å². The van der Waals surface area contributed by atoms with E-state index in [0.717, 1.165) is 18.1 Å². The highest BCUT2D eigenvalue weighted by Crippen LogP contribution is 2.15. The van der Waals surface area contributed by atoms with Crippen LogP contribution in [-0.4, -0.2) is 22.1 Å². The minimum Gasteiger partial charge on any atom is -0.374 e. The number of thiophene rings is 1. The van der Waals surface area contributed by atoms with Crippen molar-refractivity contribution in [2.75, 3.05) is 12.8 Å². The lowest BCUT2D eigenvalue weighted by atomic mass is 10.3. The molecule has 0 aliphatic carbocycles. The molecule has 15 heavy (non-hydrogen) atoms. The van der Waals surface area contributed by atoms with Crippen LogP contribution in [0.15, 0.2) is 16.8 Å². The van der Waals surface area contributed by atoms with Crippen molar-refractivity contribution < 1.29 is 0 Å². The predicted molar refractivity (Wildman–Crippen MR) is 63.8 cm³/mol. The molecule has 0 spiro atoms. The Kier molecular flexibility index (Phi) is 3.30. The third-order valence-electron chi connectivity index (χ3n) is 1.92. The normalized spacial score (nSPS) is 11.1. The van der Waals surface area contributed by atoms with Crippen molar-refractivity contribution in [1.82, 2.24) is 15.1 Å². The molecule has 0 aliphatic rings. The summed E-state index contributed by atoms with van der Waals surface area (Å²) in [5.41, 5.74) is 6.85. The number of hydrogen-bond acceptors (Lipinski definition) is 6. The number of nitrogens with two attached hydrogens (primary N) is 1. The Morgan fingerprint density at radius 1 is 1.40 bits per heavy atom. The van der Waals surface area contributed by atoms with E-state index in [2.05, 4.69) is 39.0 Å². The van der Waals surface area contributed by atoms with Crippen LogP contribution < -0.4 is 5.73 Å². The Morgan fingerprint density at radius 2 is 2.27 bits per heavy atom. The molecule has 80 valence electrons. The second-order valence-electron chi connectivity index (χ2n) is 3.34. The van der Waals surface area contributed by atoms with E-state index in [9.17, 15) is 0 Å². The molecule has 0 saturated carbocycles. The molecule has 2 rings (SSSR count). The zero-order valence-corrected chi connectivity index (χ0v) is 10.0. The van der Waals surface area contributed by atoms with Gasteiger partial charge in [-0.05, 0) is 29.4 Å². The number of hydrogen-bond donors (Lipinski definition) is 1. The van der Waals surface area contributed by atoms with E-state index >= 15 is 0 Å². The van der Waals surface area contributed by atoms with E-state index in [-0.39, 0.29) is 0 Å². The maximum Gasteiger partial charge on any atom is 0.203 e. The number of aromatic nitrogens is 2. The van der Waals surface area contributed by atoms with Crippen LogP contribution in [0, 0.1) is 0 Å². The molecule has 6 heteroatoms. The first-order chi connectivity index (χ1) is 7.24. The fraction of sp³-hybridized carbons (Fsp3) is 0.333. The van der Waals surface area contributed by atoms with Crippen molar-refractivity contribution in [2.45, 2.75) is 13.1 Å². The molecule has 4 nitrogen and oxygen atoms in total. The van der Waals surface area contributed by atoms with Crippen molar-refractivity contribution in [3.63, 3.8) is 0 Å². The fourth-order valence-corrected chi connectivity index (χ4v) is 2.66. The molecule has 2 aromatic heterocycles. The quantitative estimate of drug-likeness (QED) is 0.885. The van der Waals surface area contributed by atoms with Crippen LogP contribution in [0.2, 0.25) is 0 Å². The van der Waals surface area contributed by atoms with Crippen molar-refractivity contribution >= 4 is 27.8 Å². The van der Waals surface area contributed by atoms with Crippen LogP contribution >= 0.6 is 22.7 Å². The maximum absolute atomic E-state index is 5.52. The van der Waals surface area contributed by atoms with Crippen LogP contribution in [0.4, 0.5) is 5.13 Å². The molecule has 0 radical (unpaired) electrons. The average Bonchev–Trinajstić information content (AvgIpc) is 2.77. The van der Waals surface area contributed by atoms with Gasteiger partial charge in [0.05, 0.1) is 6.54 Å². The Morgan fingerprint density at radius 3 is 2.87 bits per heavy atom. The number of nitrogen functional groups attached to an aromatic ring is 1. The summed E-state index contributed by atoms with van der Waals surface area (Å²) in [6.45, 7) is 1.73. The molecule has 0 unspecified atom stereocenters. The standard InChI is InChI=1S/C9H12N4S2/c1-13(4-7-2-3-14-6-7)5-8-11-12-9(10)15-8/h2-3,6H,4-5H2,1H3,(H2,10,12). The van der Waals surface area contributed by atoms with Gasteiger partial charge in [-0.15, -0.1) is 10.2 Å². The largest absolute Gasteiger partial charge is 0.374 e. The minimum absolute atomic E-state index is 0.536. The lowest BCUT2D eigenvalue weighted by molar-refractivity contribution is 0.318. The fourth-order valence-electron chi connectivity index (χ4n) is 1.31. The monoisotopic (exact) mass is 240 g/mol. The Bertz CT molecular complexity index is 409. The first kappa shape index (κ1) is 10.5. The number of rotatable bonds is 4. The Hall–Kier alpha value is -0.980. The lowest BCUT2D eigenvalue weighted by Crippen LogP contribution is -2.16. The highest BCUT2D eigenvalue weighted by molar-refractivity contribution is 7.15. The molecular formula is C9H12N4S2. The second kappa shape index (κ2) is 4.69. The summed E-state index contributed by atoms with van der Waals surface area (Å²) in [7, 11) is 2.06. The number of nitrogens with zero attached hydrogens (tertiary/aromatic N) is 3. The number of anilines is 1. The van der Waals surface area contributed by atoms with Crippen molar-refractivity contribution in [3.05, 3.63) is 27.4 Å². The molecule has 0 fully saturated rings. The van der Waals surface area contributed by atoms with E-state index in [1.807, 2.05) is 0 Å². The molecule has 0 aromatic carbocycles. The molecule has 2 aromatic rings. The average molecular weight is 240 g/mol. The van der Waals surface area contributed by atoms with Crippen LogP contribution in [0.3, 0.4) is 0 Å². The molecule has 0 atom stereocenters. The van der Waals surface area contributed by atoms with Gasteiger partial charge < -0.3 is 5.73 Å². The van der Waals surface area contributed by atoms with Gasteiger partial charge in [-0.25, -0.2) is 0 Å². The van der Waals surface area contributed by atoms with E-state index in [1.54, 1.807) is 11.3 Å². The first-order valence-corrected chi connectivity index (χ1v) is 6.27. The molecule has 2 N–H and O–H groups in total. The highest BCUT2D eigenvalue weighted by Gasteiger charge is 2.06. The van der Waals surface area contributed by atoms with E-state index < -0.39 is 0 Å². The van der Waals surface area contributed by atoms with Gasteiger partial charge in [0.25, 0.3) is 0 Å². The van der Waals surface area contributed by atoms with Crippen LogP contribution in [-0.2, 0) is 13.1 Å². The maximum atomic E-state index is 5.52. The van der Waals surface area contributed by atoms with Gasteiger partial charge in [0.15, 0.2) is 0 Å². The van der Waals surface area contributed by atoms with Crippen LogP contribution in [0.5, 0.6) is 0 Å². The summed E-state index contributed by atoms with van der Waals surface area (Å²) >= 11 is 3.17. The van der Waals surface area contributed by atoms with Gasteiger partial charge >= 0.3 is 0 Å². The molecule has 0 saturated heterocycles. The van der Waals surface area contributed by atoms with E-state index in [4.69, 9.17) is 5.73 Å². The smallest absolute Gasteiger partial charge is 0.203 e. The summed E-state index contributed by atoms with van der Waals surface area (Å²) < 4.78 is 0. The minimum atomic E-state index is 0.536. The molecule has 2 heterocycles. The van der Waals surface area contributed by atoms with Crippen LogP contribution in [0.1, 0.15) is 10.6 Å². The van der Waals surface area contributed by atoms with Gasteiger partial charge in [0, 0.05) is 6.54 Å². The zero-order chi connectivity index (χ0) is 10.7. The van der Waals surface area contributed by atoms with Gasteiger partial charge in [-0.2, -0.15) is 11.3 Å². The first-order valence-electron chi connectivity index (χ1n) is 4.51. The summed E-state index contributed by atoms with van der Waals surface area (Å²) in [5, 5.41) is 13.5. The predicted octanol–water partition coefficient (Wildman–Crippen LogP) is 1.81. The Balaban J connectivity index is 1.90. The zero-order valence-electron chi connectivity index (χ0n) is 8.38. The Labute approximate surface area is 96.4 Å². The molecule has 0 amide bonds. The van der Waals surface area contributed by atoms with E-state index in [1.165, 1.54) is 16.9 Å². The van der Waals surface area contributed by atoms with Crippen molar-refractivity contribution in [2.24, 2.45) is 0 Å². The highest BCUT2D eigenvalue weighted by atomic mass is 32.1. The summed E-state index contributed by atoms with van der Waals surface area (Å²) in [5.74, 6) is 0. The van der Waals surface area contributed by atoms with Crippen molar-refractivity contribution in [1.29, 1.82) is 0 Å². The van der Waals surface area contributed by atoms with Gasteiger partial charge in [0.2, 0.25) is 5.13 Å². The summed E-state index contributed by atoms with van der Waals surface area (Å²) in [4.78, 5) is 2.20. The topological polar surface area (TPSA) is 55.0 Å². The molecule has 0 aliphatic heterocycles. The SMILES string of the molecule is CN(Cc1ccsc1)Cc1nnc(N)s1. The van der Waals surface area contributed by atoms with Crippen LogP contribution in [0.25, 0.3) is 0 Å². The third kappa shape index (κ3) is 2.98. The van der Waals surface area contributed by atoms with Gasteiger partial charge in [-0.1, -0.05) is 11.3 Å². The van der Waals surface area contributed by atoms with E-state index in [0.29, 0.717) is 5.13 Å². The van der Waals surface area contributed by atoms with Gasteiger partial charge in [-0.3, -0.25) is 4.90 Å². The third-order valence-corrected chi connectivity index (χ3v) is 3.39. The summed E-state index contributed by atoms with van der Waals surface area (Å²) in [6, 6.07) is 2.13.